The Kier molecular flexibility index (Phi) is 5.64. The van der Waals surface area contributed by atoms with Crippen LogP contribution in [0.4, 0.5) is 0 Å². The predicted molar refractivity (Wildman–Crippen MR) is 71.7 cm³/mol. The van der Waals surface area contributed by atoms with E-state index in [1.807, 2.05) is 0 Å². The summed E-state index contributed by atoms with van der Waals surface area (Å²) in [5.41, 5.74) is -0.0380. The topological polar surface area (TPSA) is 82.1 Å². The summed E-state index contributed by atoms with van der Waals surface area (Å²) in [5, 5.41) is 8.95. The van der Waals surface area contributed by atoms with E-state index in [1.54, 1.807) is 13.8 Å². The number of carboxylic acids is 1. The van der Waals surface area contributed by atoms with E-state index >= 15 is 0 Å². The van der Waals surface area contributed by atoms with Crippen molar-refractivity contribution < 1.29 is 28.9 Å². The Hall–Kier alpha value is -1.95. The Morgan fingerprint density at radius 2 is 2.00 bits per heavy atom. The second kappa shape index (κ2) is 7.00. The number of rotatable bonds is 6. The molecule has 0 atom stereocenters. The van der Waals surface area contributed by atoms with Gasteiger partial charge in [-0.15, -0.1) is 0 Å². The van der Waals surface area contributed by atoms with Crippen molar-refractivity contribution >= 4 is 23.5 Å². The minimum atomic E-state index is -1.14. The van der Waals surface area contributed by atoms with Crippen molar-refractivity contribution in [2.45, 2.75) is 20.0 Å². The molecule has 0 aliphatic rings. The second-order valence-electron chi connectivity index (χ2n) is 4.12. The average Bonchev–Trinajstić information content (AvgIpc) is 2.35. The van der Waals surface area contributed by atoms with Crippen LogP contribution in [0.5, 0.6) is 11.5 Å². The van der Waals surface area contributed by atoms with Gasteiger partial charge in [0.1, 0.15) is 0 Å². The van der Waals surface area contributed by atoms with Gasteiger partial charge >= 0.3 is 11.9 Å². The normalized spacial score (nSPS) is 10.2. The quantitative estimate of drug-likeness (QED) is 0.812. The van der Waals surface area contributed by atoms with E-state index < -0.39 is 11.9 Å². The van der Waals surface area contributed by atoms with Crippen LogP contribution in [-0.4, -0.2) is 36.9 Å². The summed E-state index contributed by atoms with van der Waals surface area (Å²) in [6, 6.07) is 2.48. The van der Waals surface area contributed by atoms with E-state index in [0.717, 1.165) is 0 Å². The molecule has 1 N–H and O–H groups in total. The minimum absolute atomic E-state index is 0.0380. The van der Waals surface area contributed by atoms with E-state index in [1.165, 1.54) is 19.2 Å². The highest BCUT2D eigenvalue weighted by atomic mass is 35.5. The molecule has 0 saturated carbocycles. The van der Waals surface area contributed by atoms with E-state index in [-0.39, 0.29) is 34.8 Å². The summed E-state index contributed by atoms with van der Waals surface area (Å²) in [6.45, 7) is 3.08. The van der Waals surface area contributed by atoms with Gasteiger partial charge in [0, 0.05) is 0 Å². The summed E-state index contributed by atoms with van der Waals surface area (Å²) in [6.07, 6.45) is -0.252. The van der Waals surface area contributed by atoms with E-state index in [4.69, 9.17) is 30.9 Å². The Balaban J connectivity index is 2.89. The van der Waals surface area contributed by atoms with Crippen molar-refractivity contribution in [3.8, 4) is 11.5 Å². The molecule has 1 rings (SSSR count). The monoisotopic (exact) mass is 302 g/mol. The maximum Gasteiger partial charge on any atom is 0.344 e. The van der Waals surface area contributed by atoms with Crippen LogP contribution in [0.2, 0.25) is 5.02 Å². The number of carboxylic acid groups (broad SMARTS) is 1. The van der Waals surface area contributed by atoms with Gasteiger partial charge in [-0.25, -0.2) is 9.59 Å². The largest absolute Gasteiger partial charge is 0.493 e. The summed E-state index contributed by atoms with van der Waals surface area (Å²) in [7, 11) is 1.34. The molecule has 0 aliphatic carbocycles. The standard InChI is InChI=1S/C13H15ClO6/c1-7(2)20-11(15)6-19-12-9(14)4-8(13(16)17)5-10(12)18-3/h4-5,7H,6H2,1-3H3,(H,16,17). The molecule has 0 fully saturated rings. The molecular weight excluding hydrogens is 288 g/mol. The van der Waals surface area contributed by atoms with Gasteiger partial charge in [-0.3, -0.25) is 0 Å². The molecule has 20 heavy (non-hydrogen) atoms. The molecule has 110 valence electrons. The lowest BCUT2D eigenvalue weighted by molar-refractivity contribution is -0.149. The van der Waals surface area contributed by atoms with Gasteiger partial charge in [-0.05, 0) is 26.0 Å². The van der Waals surface area contributed by atoms with Crippen molar-refractivity contribution in [1.29, 1.82) is 0 Å². The number of ether oxygens (including phenoxy) is 3. The maximum atomic E-state index is 11.4. The molecule has 0 amide bonds. The number of aromatic carboxylic acids is 1. The number of hydrogen-bond donors (Lipinski definition) is 1. The van der Waals surface area contributed by atoms with Crippen LogP contribution in [0, 0.1) is 0 Å². The lowest BCUT2D eigenvalue weighted by atomic mass is 10.2. The van der Waals surface area contributed by atoms with Crippen LogP contribution >= 0.6 is 11.6 Å². The fourth-order valence-electron chi connectivity index (χ4n) is 1.41. The third-order valence-corrected chi connectivity index (χ3v) is 2.46. The highest BCUT2D eigenvalue weighted by molar-refractivity contribution is 6.32. The first-order valence-electron chi connectivity index (χ1n) is 5.78. The van der Waals surface area contributed by atoms with Crippen LogP contribution in [0.1, 0.15) is 24.2 Å². The van der Waals surface area contributed by atoms with Gasteiger partial charge in [0.2, 0.25) is 0 Å². The Bertz CT molecular complexity index is 512. The zero-order valence-electron chi connectivity index (χ0n) is 11.3. The number of hydrogen-bond acceptors (Lipinski definition) is 5. The van der Waals surface area contributed by atoms with Crippen LogP contribution in [-0.2, 0) is 9.53 Å². The highest BCUT2D eigenvalue weighted by Crippen LogP contribution is 2.36. The number of benzene rings is 1. The smallest absolute Gasteiger partial charge is 0.344 e. The molecule has 0 heterocycles. The first-order valence-corrected chi connectivity index (χ1v) is 6.16. The number of esters is 1. The SMILES string of the molecule is COc1cc(C(=O)O)cc(Cl)c1OCC(=O)OC(C)C. The lowest BCUT2D eigenvalue weighted by Gasteiger charge is -2.13. The van der Waals surface area contributed by atoms with Crippen molar-refractivity contribution in [3.63, 3.8) is 0 Å². The summed E-state index contributed by atoms with van der Waals surface area (Å²) in [5.74, 6) is -1.47. The molecule has 0 aliphatic heterocycles. The first-order chi connectivity index (χ1) is 9.35. The van der Waals surface area contributed by atoms with E-state index in [2.05, 4.69) is 0 Å². The van der Waals surface area contributed by atoms with Gasteiger partial charge in [-0.1, -0.05) is 11.6 Å². The summed E-state index contributed by atoms with van der Waals surface area (Å²) >= 11 is 5.93. The molecule has 7 heteroatoms. The molecule has 0 radical (unpaired) electrons. The van der Waals surface area contributed by atoms with Crippen LogP contribution in [0.25, 0.3) is 0 Å². The minimum Gasteiger partial charge on any atom is -0.493 e. The van der Waals surface area contributed by atoms with Gasteiger partial charge < -0.3 is 19.3 Å². The molecular formula is C13H15ClO6. The van der Waals surface area contributed by atoms with Crippen LogP contribution < -0.4 is 9.47 Å². The maximum absolute atomic E-state index is 11.4. The summed E-state index contributed by atoms with van der Waals surface area (Å²) in [4.78, 5) is 22.3. The zero-order chi connectivity index (χ0) is 15.3. The lowest BCUT2D eigenvalue weighted by Crippen LogP contribution is -2.19. The van der Waals surface area contributed by atoms with E-state index in [0.29, 0.717) is 0 Å². The Morgan fingerprint density at radius 3 is 2.50 bits per heavy atom. The Labute approximate surface area is 121 Å². The molecule has 1 aromatic rings. The van der Waals surface area contributed by atoms with Crippen molar-refractivity contribution in [3.05, 3.63) is 22.7 Å². The number of carbonyl (C=O) groups excluding carboxylic acids is 1. The van der Waals surface area contributed by atoms with Crippen LogP contribution in [0.3, 0.4) is 0 Å². The van der Waals surface area contributed by atoms with Crippen molar-refractivity contribution in [2.24, 2.45) is 0 Å². The summed E-state index contributed by atoms with van der Waals surface area (Å²) < 4.78 is 15.1. The Morgan fingerprint density at radius 1 is 1.35 bits per heavy atom. The van der Waals surface area contributed by atoms with Crippen molar-refractivity contribution in [2.75, 3.05) is 13.7 Å². The van der Waals surface area contributed by atoms with Gasteiger partial charge in [0.05, 0.1) is 23.8 Å². The number of carbonyl (C=O) groups is 2. The van der Waals surface area contributed by atoms with E-state index in [9.17, 15) is 9.59 Å². The molecule has 0 saturated heterocycles. The third kappa shape index (κ3) is 4.31. The fraction of sp³-hybridized carbons (Fsp3) is 0.385. The molecule has 0 unspecified atom stereocenters. The van der Waals surface area contributed by atoms with Gasteiger partial charge in [0.15, 0.2) is 18.1 Å². The van der Waals surface area contributed by atoms with Gasteiger partial charge in [0.25, 0.3) is 0 Å². The van der Waals surface area contributed by atoms with Crippen LogP contribution in [0.15, 0.2) is 12.1 Å². The molecule has 0 spiro atoms. The number of methoxy groups -OCH3 is 1. The first kappa shape index (κ1) is 16.1. The third-order valence-electron chi connectivity index (χ3n) is 2.18. The van der Waals surface area contributed by atoms with Crippen molar-refractivity contribution in [1.82, 2.24) is 0 Å². The molecule has 1 aromatic carbocycles. The fourth-order valence-corrected chi connectivity index (χ4v) is 1.68. The van der Waals surface area contributed by atoms with Gasteiger partial charge in [-0.2, -0.15) is 0 Å². The zero-order valence-corrected chi connectivity index (χ0v) is 12.1. The molecule has 0 aromatic heterocycles. The highest BCUT2D eigenvalue weighted by Gasteiger charge is 2.17. The average molecular weight is 303 g/mol. The predicted octanol–water partition coefficient (Wildman–Crippen LogP) is 2.38. The number of halogens is 1. The molecule has 0 bridgehead atoms. The molecule has 6 nitrogen and oxygen atoms in total. The second-order valence-corrected chi connectivity index (χ2v) is 4.53.